The number of carbonyl (C=O) groups excluding carboxylic acids is 1. The van der Waals surface area contributed by atoms with Crippen molar-refractivity contribution in [3.05, 3.63) is 11.4 Å². The topological polar surface area (TPSA) is 83.8 Å². The van der Waals surface area contributed by atoms with Gasteiger partial charge in [-0.3, -0.25) is 9.89 Å². The van der Waals surface area contributed by atoms with E-state index in [4.69, 9.17) is 5.73 Å². The summed E-state index contributed by atoms with van der Waals surface area (Å²) in [6, 6.07) is -0.436. The molecule has 0 aliphatic rings. The second-order valence-electron chi connectivity index (χ2n) is 4.05. The van der Waals surface area contributed by atoms with E-state index in [9.17, 15) is 4.79 Å². The normalized spacial score (nSPS) is 12.5. The van der Waals surface area contributed by atoms with Crippen LogP contribution in [0.5, 0.6) is 0 Å². The van der Waals surface area contributed by atoms with Gasteiger partial charge in [0.15, 0.2) is 0 Å². The smallest absolute Gasteiger partial charge is 0.241 e. The average molecular weight is 224 g/mol. The fourth-order valence-electron chi connectivity index (χ4n) is 1.51. The van der Waals surface area contributed by atoms with Gasteiger partial charge in [0.25, 0.3) is 0 Å². The van der Waals surface area contributed by atoms with Crippen LogP contribution in [0.1, 0.15) is 37.6 Å². The van der Waals surface area contributed by atoms with Crippen LogP contribution in [-0.4, -0.2) is 22.1 Å². The summed E-state index contributed by atoms with van der Waals surface area (Å²) in [5.74, 6) is -0.138. The first-order valence-corrected chi connectivity index (χ1v) is 5.64. The van der Waals surface area contributed by atoms with Crippen molar-refractivity contribution < 1.29 is 4.79 Å². The molecular formula is C11H20N4O. The Morgan fingerprint density at radius 2 is 2.25 bits per heavy atom. The van der Waals surface area contributed by atoms with Crippen LogP contribution in [-0.2, 0) is 4.79 Å². The molecule has 5 heteroatoms. The molecule has 1 aromatic rings. The third-order valence-corrected chi connectivity index (χ3v) is 2.58. The van der Waals surface area contributed by atoms with Gasteiger partial charge >= 0.3 is 0 Å². The Balaban J connectivity index is 2.57. The zero-order valence-corrected chi connectivity index (χ0v) is 10.1. The predicted molar refractivity (Wildman–Crippen MR) is 64.2 cm³/mol. The number of hydrogen-bond donors (Lipinski definition) is 3. The predicted octanol–water partition coefficient (Wildman–Crippen LogP) is 1.48. The molecule has 0 radical (unpaired) electrons. The van der Waals surface area contributed by atoms with Crippen molar-refractivity contribution in [1.82, 2.24) is 10.2 Å². The number of nitrogens with one attached hydrogen (secondary N) is 2. The van der Waals surface area contributed by atoms with Crippen molar-refractivity contribution in [2.45, 2.75) is 46.1 Å². The van der Waals surface area contributed by atoms with Crippen LogP contribution in [0.25, 0.3) is 0 Å². The molecule has 1 heterocycles. The third-order valence-electron chi connectivity index (χ3n) is 2.58. The molecule has 0 fully saturated rings. The quantitative estimate of drug-likeness (QED) is 0.708. The SMILES string of the molecule is CCCCC(N)C(=O)Nc1c(C)n[nH]c1C. The summed E-state index contributed by atoms with van der Waals surface area (Å²) in [6.07, 6.45) is 2.74. The number of carbonyl (C=O) groups is 1. The molecule has 16 heavy (non-hydrogen) atoms. The van der Waals surface area contributed by atoms with Gasteiger partial charge in [-0.15, -0.1) is 0 Å². The van der Waals surface area contributed by atoms with Gasteiger partial charge in [0.1, 0.15) is 0 Å². The van der Waals surface area contributed by atoms with Gasteiger partial charge in [-0.2, -0.15) is 5.10 Å². The van der Waals surface area contributed by atoms with E-state index in [1.807, 2.05) is 13.8 Å². The van der Waals surface area contributed by atoms with Gasteiger partial charge in [0, 0.05) is 0 Å². The third kappa shape index (κ3) is 3.06. The van der Waals surface area contributed by atoms with E-state index in [-0.39, 0.29) is 5.91 Å². The number of nitrogens with two attached hydrogens (primary N) is 1. The van der Waals surface area contributed by atoms with E-state index in [1.54, 1.807) is 0 Å². The molecule has 1 unspecified atom stereocenters. The summed E-state index contributed by atoms with van der Waals surface area (Å²) in [5, 5.41) is 9.64. The molecule has 1 atom stereocenters. The van der Waals surface area contributed by atoms with E-state index >= 15 is 0 Å². The molecule has 1 aromatic heterocycles. The summed E-state index contributed by atoms with van der Waals surface area (Å²) in [5.41, 5.74) is 8.17. The molecule has 0 aromatic carbocycles. The van der Waals surface area contributed by atoms with Gasteiger partial charge in [-0.25, -0.2) is 0 Å². The van der Waals surface area contributed by atoms with Gasteiger partial charge in [0.05, 0.1) is 23.1 Å². The van der Waals surface area contributed by atoms with Gasteiger partial charge < -0.3 is 11.1 Å². The number of rotatable bonds is 5. The highest BCUT2D eigenvalue weighted by Crippen LogP contribution is 2.16. The van der Waals surface area contributed by atoms with Crippen LogP contribution in [0.2, 0.25) is 0 Å². The molecule has 90 valence electrons. The van der Waals surface area contributed by atoms with Crippen LogP contribution in [0.4, 0.5) is 5.69 Å². The zero-order valence-electron chi connectivity index (χ0n) is 10.1. The van der Waals surface area contributed by atoms with Gasteiger partial charge in [-0.05, 0) is 20.3 Å². The molecule has 5 nitrogen and oxygen atoms in total. The fraction of sp³-hybridized carbons (Fsp3) is 0.636. The summed E-state index contributed by atoms with van der Waals surface area (Å²) >= 11 is 0. The maximum absolute atomic E-state index is 11.7. The first kappa shape index (κ1) is 12.7. The highest BCUT2D eigenvalue weighted by molar-refractivity contribution is 5.95. The summed E-state index contributed by atoms with van der Waals surface area (Å²) in [6.45, 7) is 5.79. The van der Waals surface area contributed by atoms with Crippen LogP contribution >= 0.6 is 0 Å². The van der Waals surface area contributed by atoms with Crippen LogP contribution in [0.3, 0.4) is 0 Å². The maximum Gasteiger partial charge on any atom is 0.241 e. The summed E-state index contributed by atoms with van der Waals surface area (Å²) in [4.78, 5) is 11.7. The lowest BCUT2D eigenvalue weighted by molar-refractivity contribution is -0.117. The number of H-pyrrole nitrogens is 1. The average Bonchev–Trinajstić information content (AvgIpc) is 2.57. The number of amides is 1. The lowest BCUT2D eigenvalue weighted by Gasteiger charge is -2.11. The number of nitrogens with zero attached hydrogens (tertiary/aromatic N) is 1. The monoisotopic (exact) mass is 224 g/mol. The fourth-order valence-corrected chi connectivity index (χ4v) is 1.51. The Kier molecular flexibility index (Phi) is 4.49. The van der Waals surface area contributed by atoms with Crippen molar-refractivity contribution in [2.75, 3.05) is 5.32 Å². The van der Waals surface area contributed by atoms with Crippen molar-refractivity contribution in [3.8, 4) is 0 Å². The number of aromatic amines is 1. The number of anilines is 1. The van der Waals surface area contributed by atoms with Crippen molar-refractivity contribution in [3.63, 3.8) is 0 Å². The molecule has 0 bridgehead atoms. The largest absolute Gasteiger partial charge is 0.322 e. The minimum atomic E-state index is -0.436. The molecule has 0 spiro atoms. The van der Waals surface area contributed by atoms with Crippen molar-refractivity contribution in [1.29, 1.82) is 0 Å². The standard InChI is InChI=1S/C11H20N4O/c1-4-5-6-9(12)11(16)13-10-7(2)14-15-8(10)3/h9H,4-6,12H2,1-3H3,(H,13,16)(H,14,15). The lowest BCUT2D eigenvalue weighted by Crippen LogP contribution is -2.35. The maximum atomic E-state index is 11.7. The number of aryl methyl sites for hydroxylation is 2. The van der Waals surface area contributed by atoms with E-state index in [2.05, 4.69) is 22.4 Å². The Labute approximate surface area is 95.8 Å². The molecule has 1 rings (SSSR count). The van der Waals surface area contributed by atoms with Crippen molar-refractivity contribution in [2.24, 2.45) is 5.73 Å². The first-order valence-electron chi connectivity index (χ1n) is 5.64. The van der Waals surface area contributed by atoms with E-state index < -0.39 is 6.04 Å². The van der Waals surface area contributed by atoms with Crippen LogP contribution < -0.4 is 11.1 Å². The molecule has 1 amide bonds. The summed E-state index contributed by atoms with van der Waals surface area (Å²) < 4.78 is 0. The van der Waals surface area contributed by atoms with Gasteiger partial charge in [-0.1, -0.05) is 19.8 Å². The van der Waals surface area contributed by atoms with Crippen LogP contribution in [0, 0.1) is 13.8 Å². The Morgan fingerprint density at radius 1 is 1.56 bits per heavy atom. The molecular weight excluding hydrogens is 204 g/mol. The molecule has 0 saturated heterocycles. The first-order chi connectivity index (χ1) is 7.56. The van der Waals surface area contributed by atoms with Crippen molar-refractivity contribution >= 4 is 11.6 Å². The minimum absolute atomic E-state index is 0.138. The lowest BCUT2D eigenvalue weighted by atomic mass is 10.1. The second kappa shape index (κ2) is 5.65. The number of aromatic nitrogens is 2. The van der Waals surface area contributed by atoms with E-state index in [0.717, 1.165) is 36.3 Å². The molecule has 4 N–H and O–H groups in total. The summed E-state index contributed by atoms with van der Waals surface area (Å²) in [7, 11) is 0. The Bertz CT molecular complexity index is 339. The van der Waals surface area contributed by atoms with Gasteiger partial charge in [0.2, 0.25) is 5.91 Å². The zero-order chi connectivity index (χ0) is 12.1. The number of unbranched alkanes of at least 4 members (excludes halogenated alkanes) is 1. The highest BCUT2D eigenvalue weighted by atomic mass is 16.2. The minimum Gasteiger partial charge on any atom is -0.322 e. The van der Waals surface area contributed by atoms with E-state index in [1.165, 1.54) is 0 Å². The molecule has 0 aliphatic heterocycles. The highest BCUT2D eigenvalue weighted by Gasteiger charge is 2.16. The Morgan fingerprint density at radius 3 is 2.75 bits per heavy atom. The molecule has 0 saturated carbocycles. The number of hydrogen-bond acceptors (Lipinski definition) is 3. The molecule has 0 aliphatic carbocycles. The second-order valence-corrected chi connectivity index (χ2v) is 4.05. The Hall–Kier alpha value is -1.36. The van der Waals surface area contributed by atoms with Crippen LogP contribution in [0.15, 0.2) is 0 Å². The van der Waals surface area contributed by atoms with E-state index in [0.29, 0.717) is 0 Å².